The molecule has 0 bridgehead atoms. The lowest BCUT2D eigenvalue weighted by Crippen LogP contribution is -2.16. The van der Waals surface area contributed by atoms with Crippen molar-refractivity contribution in [2.45, 2.75) is 33.5 Å². The molecule has 1 heterocycles. The number of nitrogens with zero attached hydrogens (tertiary/aromatic N) is 1. The molecule has 0 aliphatic heterocycles. The second kappa shape index (κ2) is 8.88. The van der Waals surface area contributed by atoms with Gasteiger partial charge in [-0.25, -0.2) is 9.18 Å². The van der Waals surface area contributed by atoms with Crippen LogP contribution in [0.5, 0.6) is 0 Å². The summed E-state index contributed by atoms with van der Waals surface area (Å²) in [6, 6.07) is 14.6. The highest BCUT2D eigenvalue weighted by Gasteiger charge is 2.22. The van der Waals surface area contributed by atoms with E-state index in [4.69, 9.17) is 0 Å². The third-order valence-corrected chi connectivity index (χ3v) is 5.26. The second-order valence-corrected chi connectivity index (χ2v) is 7.06. The Morgan fingerprint density at radius 2 is 1.79 bits per heavy atom. The number of hydrogen-bond acceptors (Lipinski definition) is 2. The SMILES string of the molecule is C=Cc1ccc(Cn2c(C)c(CNCc3ccccc3F)c(C(=O)O)c2C)cc1. The topological polar surface area (TPSA) is 54.3 Å². The summed E-state index contributed by atoms with van der Waals surface area (Å²) >= 11 is 0. The first-order valence-electron chi connectivity index (χ1n) is 9.49. The average Bonchev–Trinajstić information content (AvgIpc) is 2.94. The summed E-state index contributed by atoms with van der Waals surface area (Å²) in [4.78, 5) is 11.9. The summed E-state index contributed by atoms with van der Waals surface area (Å²) in [5, 5.41) is 13.0. The van der Waals surface area contributed by atoms with Crippen molar-refractivity contribution in [2.24, 2.45) is 0 Å². The molecule has 0 saturated heterocycles. The number of aromatic carboxylic acids is 1. The monoisotopic (exact) mass is 392 g/mol. The first-order valence-corrected chi connectivity index (χ1v) is 9.49. The summed E-state index contributed by atoms with van der Waals surface area (Å²) in [7, 11) is 0. The van der Waals surface area contributed by atoms with Crippen LogP contribution in [0.3, 0.4) is 0 Å². The molecule has 0 spiro atoms. The maximum atomic E-state index is 13.8. The van der Waals surface area contributed by atoms with Crippen LogP contribution in [0.25, 0.3) is 6.08 Å². The van der Waals surface area contributed by atoms with Gasteiger partial charge in [-0.15, -0.1) is 0 Å². The molecule has 0 aliphatic rings. The zero-order valence-corrected chi connectivity index (χ0v) is 16.7. The van der Waals surface area contributed by atoms with Crippen molar-refractivity contribution in [3.8, 4) is 0 Å². The Hall–Kier alpha value is -3.18. The van der Waals surface area contributed by atoms with Crippen LogP contribution in [0.4, 0.5) is 4.39 Å². The highest BCUT2D eigenvalue weighted by molar-refractivity contribution is 5.91. The summed E-state index contributed by atoms with van der Waals surface area (Å²) in [6.45, 7) is 8.79. The number of carbonyl (C=O) groups is 1. The largest absolute Gasteiger partial charge is 0.478 e. The number of carboxylic acid groups (broad SMARTS) is 1. The Bertz CT molecular complexity index is 1040. The van der Waals surface area contributed by atoms with E-state index in [2.05, 4.69) is 11.9 Å². The van der Waals surface area contributed by atoms with Crippen molar-refractivity contribution in [2.75, 3.05) is 0 Å². The molecular formula is C24H25FN2O2. The molecule has 3 rings (SSSR count). The number of halogens is 1. The van der Waals surface area contributed by atoms with Crippen molar-refractivity contribution in [3.63, 3.8) is 0 Å². The van der Waals surface area contributed by atoms with Gasteiger partial charge in [0.25, 0.3) is 0 Å². The van der Waals surface area contributed by atoms with Crippen molar-refractivity contribution in [3.05, 3.63) is 100 Å². The maximum Gasteiger partial charge on any atom is 0.337 e. The van der Waals surface area contributed by atoms with Crippen LogP contribution in [0.1, 0.15) is 44.0 Å². The molecule has 0 radical (unpaired) electrons. The second-order valence-electron chi connectivity index (χ2n) is 7.06. The van der Waals surface area contributed by atoms with Crippen molar-refractivity contribution in [1.29, 1.82) is 0 Å². The van der Waals surface area contributed by atoms with E-state index >= 15 is 0 Å². The smallest absolute Gasteiger partial charge is 0.337 e. The Kier molecular flexibility index (Phi) is 6.29. The molecule has 0 amide bonds. The maximum absolute atomic E-state index is 13.8. The van der Waals surface area contributed by atoms with Gasteiger partial charge in [0.1, 0.15) is 5.82 Å². The molecule has 0 aliphatic carbocycles. The zero-order valence-electron chi connectivity index (χ0n) is 16.7. The van der Waals surface area contributed by atoms with E-state index in [1.54, 1.807) is 24.3 Å². The van der Waals surface area contributed by atoms with Crippen LogP contribution in [0.15, 0.2) is 55.1 Å². The number of aromatic nitrogens is 1. The molecule has 1 aromatic heterocycles. The highest BCUT2D eigenvalue weighted by Crippen LogP contribution is 2.24. The van der Waals surface area contributed by atoms with Crippen LogP contribution >= 0.6 is 0 Å². The van der Waals surface area contributed by atoms with E-state index in [9.17, 15) is 14.3 Å². The van der Waals surface area contributed by atoms with Crippen LogP contribution in [-0.4, -0.2) is 15.6 Å². The van der Waals surface area contributed by atoms with Gasteiger partial charge in [-0.3, -0.25) is 0 Å². The van der Waals surface area contributed by atoms with Crippen LogP contribution in [0.2, 0.25) is 0 Å². The van der Waals surface area contributed by atoms with Crippen LogP contribution in [-0.2, 0) is 19.6 Å². The first kappa shape index (κ1) is 20.6. The highest BCUT2D eigenvalue weighted by atomic mass is 19.1. The number of benzene rings is 2. The molecule has 2 aromatic carbocycles. The Morgan fingerprint density at radius 3 is 2.41 bits per heavy atom. The molecule has 0 unspecified atom stereocenters. The number of rotatable bonds is 8. The molecule has 29 heavy (non-hydrogen) atoms. The van der Waals surface area contributed by atoms with E-state index in [1.165, 1.54) is 6.07 Å². The number of carboxylic acids is 1. The minimum Gasteiger partial charge on any atom is -0.478 e. The third-order valence-electron chi connectivity index (χ3n) is 5.26. The molecule has 3 aromatic rings. The van der Waals surface area contributed by atoms with E-state index in [1.807, 2.05) is 42.7 Å². The van der Waals surface area contributed by atoms with Gasteiger partial charge in [-0.2, -0.15) is 0 Å². The minimum atomic E-state index is -0.950. The minimum absolute atomic E-state index is 0.271. The average molecular weight is 392 g/mol. The summed E-state index contributed by atoms with van der Waals surface area (Å²) < 4.78 is 15.8. The molecule has 4 nitrogen and oxygen atoms in total. The molecular weight excluding hydrogens is 367 g/mol. The fraction of sp³-hybridized carbons (Fsp3) is 0.208. The van der Waals surface area contributed by atoms with Gasteiger partial charge >= 0.3 is 5.97 Å². The van der Waals surface area contributed by atoms with Crippen molar-refractivity contribution >= 4 is 12.0 Å². The fourth-order valence-corrected chi connectivity index (χ4v) is 3.59. The molecule has 0 saturated carbocycles. The van der Waals surface area contributed by atoms with Crippen LogP contribution < -0.4 is 5.32 Å². The van der Waals surface area contributed by atoms with Crippen molar-refractivity contribution < 1.29 is 14.3 Å². The van der Waals surface area contributed by atoms with Gasteiger partial charge in [0.05, 0.1) is 5.56 Å². The predicted octanol–water partition coefficient (Wildman–Crippen LogP) is 4.92. The van der Waals surface area contributed by atoms with E-state index in [0.717, 1.165) is 22.4 Å². The molecule has 2 N–H and O–H groups in total. The Balaban J connectivity index is 1.84. The number of hydrogen-bond donors (Lipinski definition) is 2. The summed E-state index contributed by atoms with van der Waals surface area (Å²) in [5.74, 6) is -1.22. The summed E-state index contributed by atoms with van der Waals surface area (Å²) in [5.41, 5.74) is 5.33. The fourth-order valence-electron chi connectivity index (χ4n) is 3.59. The van der Waals surface area contributed by atoms with Gasteiger partial charge in [-0.1, -0.05) is 55.1 Å². The van der Waals surface area contributed by atoms with Gasteiger partial charge in [-0.05, 0) is 31.0 Å². The lowest BCUT2D eigenvalue weighted by molar-refractivity contribution is 0.0694. The van der Waals surface area contributed by atoms with E-state index in [-0.39, 0.29) is 5.82 Å². The van der Waals surface area contributed by atoms with Gasteiger partial charge < -0.3 is 15.0 Å². The normalized spacial score (nSPS) is 10.9. The molecule has 5 heteroatoms. The summed E-state index contributed by atoms with van der Waals surface area (Å²) in [6.07, 6.45) is 1.79. The van der Waals surface area contributed by atoms with Gasteiger partial charge in [0, 0.05) is 42.1 Å². The van der Waals surface area contributed by atoms with E-state index < -0.39 is 5.97 Å². The lowest BCUT2D eigenvalue weighted by Gasteiger charge is -2.11. The Morgan fingerprint density at radius 1 is 1.10 bits per heavy atom. The van der Waals surface area contributed by atoms with Gasteiger partial charge in [0.2, 0.25) is 0 Å². The third kappa shape index (κ3) is 4.46. The molecule has 0 atom stereocenters. The molecule has 150 valence electrons. The lowest BCUT2D eigenvalue weighted by atomic mass is 10.1. The van der Waals surface area contributed by atoms with Gasteiger partial charge in [0.15, 0.2) is 0 Å². The number of nitrogens with one attached hydrogen (secondary N) is 1. The van der Waals surface area contributed by atoms with Crippen LogP contribution in [0, 0.1) is 19.7 Å². The predicted molar refractivity (Wildman–Crippen MR) is 113 cm³/mol. The zero-order chi connectivity index (χ0) is 21.0. The Labute approximate surface area is 170 Å². The standard InChI is InChI=1S/C24H25FN2O2/c1-4-18-9-11-19(12-10-18)15-27-16(2)21(23(17(27)3)24(28)29)14-26-13-20-7-5-6-8-22(20)25/h4-12,26H,1,13-15H2,2-3H3,(H,28,29). The molecule has 0 fully saturated rings. The first-order chi connectivity index (χ1) is 13.9. The van der Waals surface area contributed by atoms with Crippen molar-refractivity contribution in [1.82, 2.24) is 9.88 Å². The van der Waals surface area contributed by atoms with E-state index in [0.29, 0.717) is 36.5 Å². The quantitative estimate of drug-likeness (QED) is 0.572.